The van der Waals surface area contributed by atoms with E-state index in [2.05, 4.69) is 15.3 Å². The number of fused-ring (bicyclic) bond motifs is 1. The number of amides is 2. The molecule has 1 unspecified atom stereocenters. The summed E-state index contributed by atoms with van der Waals surface area (Å²) in [6, 6.07) is 9.70. The molecule has 0 aromatic carbocycles. The van der Waals surface area contributed by atoms with E-state index in [0.717, 1.165) is 22.6 Å². The Labute approximate surface area is 147 Å². The first-order valence-electron chi connectivity index (χ1n) is 8.48. The summed E-state index contributed by atoms with van der Waals surface area (Å²) >= 11 is 0. The van der Waals surface area contributed by atoms with Crippen LogP contribution in [0.2, 0.25) is 0 Å². The summed E-state index contributed by atoms with van der Waals surface area (Å²) in [5.74, 6) is 0. The standard InChI is InChI=1S/C19H23N5O/c1-4-23(15(3)16-8-6-10-20-11-16)19(25)21-12-17-13-24-14(2)7-5-9-18(24)22-17/h5-11,13,15H,4,12H2,1-3H3,(H,21,25). The normalized spacial score (nSPS) is 12.1. The Morgan fingerprint density at radius 1 is 1.32 bits per heavy atom. The number of carbonyl (C=O) groups excluding carboxylic acids is 1. The number of imidazole rings is 1. The molecule has 3 aromatic heterocycles. The fourth-order valence-corrected chi connectivity index (χ4v) is 2.95. The van der Waals surface area contributed by atoms with E-state index in [9.17, 15) is 4.79 Å². The number of nitrogens with zero attached hydrogens (tertiary/aromatic N) is 4. The van der Waals surface area contributed by atoms with Gasteiger partial charge in [-0.2, -0.15) is 0 Å². The van der Waals surface area contributed by atoms with Gasteiger partial charge in [-0.15, -0.1) is 0 Å². The average molecular weight is 337 g/mol. The van der Waals surface area contributed by atoms with Crippen molar-refractivity contribution in [1.29, 1.82) is 0 Å². The SMILES string of the molecule is CCN(C(=O)NCc1cn2c(C)cccc2n1)C(C)c1cccnc1. The van der Waals surface area contributed by atoms with Gasteiger partial charge in [0, 0.05) is 30.8 Å². The molecule has 130 valence electrons. The summed E-state index contributed by atoms with van der Waals surface area (Å²) < 4.78 is 2.03. The second kappa shape index (κ2) is 7.34. The minimum absolute atomic E-state index is 0.0398. The van der Waals surface area contributed by atoms with E-state index < -0.39 is 0 Å². The molecule has 0 fully saturated rings. The van der Waals surface area contributed by atoms with Crippen molar-refractivity contribution in [2.45, 2.75) is 33.4 Å². The zero-order valence-corrected chi connectivity index (χ0v) is 14.8. The maximum Gasteiger partial charge on any atom is 0.318 e. The number of hydrogen-bond donors (Lipinski definition) is 1. The number of hydrogen-bond acceptors (Lipinski definition) is 3. The van der Waals surface area contributed by atoms with Crippen LogP contribution in [0, 0.1) is 6.92 Å². The van der Waals surface area contributed by atoms with Crippen molar-refractivity contribution in [1.82, 2.24) is 24.6 Å². The van der Waals surface area contributed by atoms with E-state index >= 15 is 0 Å². The minimum atomic E-state index is -0.104. The van der Waals surface area contributed by atoms with Crippen LogP contribution in [-0.2, 0) is 6.54 Å². The highest BCUT2D eigenvalue weighted by Gasteiger charge is 2.20. The summed E-state index contributed by atoms with van der Waals surface area (Å²) in [5, 5.41) is 2.97. The van der Waals surface area contributed by atoms with Gasteiger partial charge >= 0.3 is 6.03 Å². The van der Waals surface area contributed by atoms with Crippen LogP contribution in [0.3, 0.4) is 0 Å². The van der Waals surface area contributed by atoms with Crippen LogP contribution in [0.5, 0.6) is 0 Å². The minimum Gasteiger partial charge on any atom is -0.332 e. The molecule has 0 saturated carbocycles. The summed E-state index contributed by atoms with van der Waals surface area (Å²) in [4.78, 5) is 23.1. The molecule has 0 aliphatic heterocycles. The molecule has 0 aliphatic carbocycles. The van der Waals surface area contributed by atoms with Gasteiger partial charge in [0.1, 0.15) is 5.65 Å². The van der Waals surface area contributed by atoms with Crippen LogP contribution in [0.1, 0.15) is 36.8 Å². The highest BCUT2D eigenvalue weighted by Crippen LogP contribution is 2.19. The Kier molecular flexibility index (Phi) is 4.97. The zero-order valence-electron chi connectivity index (χ0n) is 14.8. The quantitative estimate of drug-likeness (QED) is 0.777. The van der Waals surface area contributed by atoms with Crippen molar-refractivity contribution in [3.05, 3.63) is 65.9 Å². The van der Waals surface area contributed by atoms with E-state index in [0.29, 0.717) is 13.1 Å². The van der Waals surface area contributed by atoms with E-state index in [-0.39, 0.29) is 12.1 Å². The third-order valence-electron chi connectivity index (χ3n) is 4.40. The van der Waals surface area contributed by atoms with Crippen molar-refractivity contribution in [2.24, 2.45) is 0 Å². The van der Waals surface area contributed by atoms with Gasteiger partial charge in [-0.1, -0.05) is 12.1 Å². The molecule has 1 N–H and O–H groups in total. The molecule has 0 bridgehead atoms. The largest absolute Gasteiger partial charge is 0.332 e. The smallest absolute Gasteiger partial charge is 0.318 e. The van der Waals surface area contributed by atoms with Crippen molar-refractivity contribution in [2.75, 3.05) is 6.54 Å². The van der Waals surface area contributed by atoms with Gasteiger partial charge in [-0.3, -0.25) is 4.98 Å². The molecule has 3 rings (SSSR count). The molecule has 3 heterocycles. The van der Waals surface area contributed by atoms with Crippen LogP contribution < -0.4 is 5.32 Å². The highest BCUT2D eigenvalue weighted by atomic mass is 16.2. The van der Waals surface area contributed by atoms with Crippen molar-refractivity contribution in [3.63, 3.8) is 0 Å². The van der Waals surface area contributed by atoms with Gasteiger partial charge in [-0.05, 0) is 44.5 Å². The third-order valence-corrected chi connectivity index (χ3v) is 4.40. The van der Waals surface area contributed by atoms with Gasteiger partial charge in [0.25, 0.3) is 0 Å². The van der Waals surface area contributed by atoms with Crippen molar-refractivity contribution in [3.8, 4) is 0 Å². The van der Waals surface area contributed by atoms with Crippen LogP contribution in [0.4, 0.5) is 4.79 Å². The number of aromatic nitrogens is 3. The van der Waals surface area contributed by atoms with Crippen LogP contribution in [-0.4, -0.2) is 31.8 Å². The summed E-state index contributed by atoms with van der Waals surface area (Å²) in [7, 11) is 0. The first kappa shape index (κ1) is 17.0. The van der Waals surface area contributed by atoms with Gasteiger partial charge in [0.2, 0.25) is 0 Å². The molecule has 0 saturated heterocycles. The maximum atomic E-state index is 12.6. The predicted octanol–water partition coefficient (Wildman–Crippen LogP) is 3.33. The van der Waals surface area contributed by atoms with E-state index in [1.54, 1.807) is 17.3 Å². The summed E-state index contributed by atoms with van der Waals surface area (Å²) in [5.41, 5.74) is 3.86. The monoisotopic (exact) mass is 337 g/mol. The average Bonchev–Trinajstić information content (AvgIpc) is 3.06. The second-order valence-corrected chi connectivity index (χ2v) is 6.03. The summed E-state index contributed by atoms with van der Waals surface area (Å²) in [6.07, 6.45) is 5.50. The first-order valence-corrected chi connectivity index (χ1v) is 8.48. The second-order valence-electron chi connectivity index (χ2n) is 6.03. The van der Waals surface area contributed by atoms with Crippen molar-refractivity contribution < 1.29 is 4.79 Å². The topological polar surface area (TPSA) is 62.5 Å². The molecule has 6 heteroatoms. The van der Waals surface area contributed by atoms with Crippen LogP contribution in [0.15, 0.2) is 48.9 Å². The van der Waals surface area contributed by atoms with Gasteiger partial charge in [0.15, 0.2) is 0 Å². The molecule has 25 heavy (non-hydrogen) atoms. The third kappa shape index (κ3) is 3.63. The van der Waals surface area contributed by atoms with E-state index in [1.165, 1.54) is 0 Å². The number of carbonyl (C=O) groups is 1. The van der Waals surface area contributed by atoms with E-state index in [1.807, 2.05) is 61.7 Å². The number of aryl methyl sites for hydroxylation is 1. The van der Waals surface area contributed by atoms with Gasteiger partial charge in [-0.25, -0.2) is 9.78 Å². The molecular formula is C19H23N5O. The molecule has 0 aliphatic rings. The Bertz CT molecular complexity index is 859. The lowest BCUT2D eigenvalue weighted by Crippen LogP contribution is -2.41. The fraction of sp³-hybridized carbons (Fsp3) is 0.316. The lowest BCUT2D eigenvalue weighted by Gasteiger charge is -2.28. The van der Waals surface area contributed by atoms with Gasteiger partial charge < -0.3 is 14.6 Å². The summed E-state index contributed by atoms with van der Waals surface area (Å²) in [6.45, 7) is 7.03. The number of urea groups is 1. The number of pyridine rings is 2. The molecule has 1 atom stereocenters. The molecule has 0 spiro atoms. The lowest BCUT2D eigenvalue weighted by molar-refractivity contribution is 0.182. The first-order chi connectivity index (χ1) is 12.1. The molecule has 3 aromatic rings. The molecule has 6 nitrogen and oxygen atoms in total. The Hall–Kier alpha value is -2.89. The number of nitrogens with one attached hydrogen (secondary N) is 1. The fourth-order valence-electron chi connectivity index (χ4n) is 2.95. The molecule has 2 amide bonds. The highest BCUT2D eigenvalue weighted by molar-refractivity contribution is 5.74. The Morgan fingerprint density at radius 2 is 2.16 bits per heavy atom. The molecular weight excluding hydrogens is 314 g/mol. The Balaban J connectivity index is 1.68. The molecule has 0 radical (unpaired) electrons. The van der Waals surface area contributed by atoms with Crippen molar-refractivity contribution >= 4 is 11.7 Å². The maximum absolute atomic E-state index is 12.6. The predicted molar refractivity (Wildman–Crippen MR) is 97.2 cm³/mol. The van der Waals surface area contributed by atoms with E-state index in [4.69, 9.17) is 0 Å². The zero-order chi connectivity index (χ0) is 17.8. The number of rotatable bonds is 5. The van der Waals surface area contributed by atoms with Crippen LogP contribution >= 0.6 is 0 Å². The van der Waals surface area contributed by atoms with Crippen LogP contribution in [0.25, 0.3) is 5.65 Å². The van der Waals surface area contributed by atoms with Gasteiger partial charge in [0.05, 0.1) is 18.3 Å². The lowest BCUT2D eigenvalue weighted by atomic mass is 10.1. The Morgan fingerprint density at radius 3 is 2.84 bits per heavy atom.